The van der Waals surface area contributed by atoms with E-state index in [1.54, 1.807) is 20.2 Å². The van der Waals surface area contributed by atoms with E-state index in [1.807, 2.05) is 19.0 Å². The lowest BCUT2D eigenvalue weighted by atomic mass is 9.57. The summed E-state index contributed by atoms with van der Waals surface area (Å²) < 4.78 is 0. The summed E-state index contributed by atoms with van der Waals surface area (Å²) in [6, 6.07) is 0.493. The van der Waals surface area contributed by atoms with Crippen molar-refractivity contribution in [2.45, 2.75) is 58.2 Å². The number of hydrogen-bond donors (Lipinski definition) is 5. The number of rotatable bonds is 9. The Bertz CT molecular complexity index is 1380. The first kappa shape index (κ1) is 31.5. The molecule has 0 aromatic heterocycles. The molecule has 1 saturated carbocycles. The monoisotopic (exact) mass is 584 g/mol. The standard InChI is InChI=1S/C31H44N4O7/c1-8-35(10-9-15(2)3)14-17-13-20(36)22-18(24(17)33(4)5)11-16-12-19-25(34(6)7)27(38)23(30(32)41)29(40)31(19,42)28(39)21(16)26(22)37/h13,15-16,19,25,36-37,40,42H,8-12,14H2,1-7H3,(H2,32,41)/t16-,19-,25-,31-/m0/s1. The van der Waals surface area contributed by atoms with Gasteiger partial charge in [0.25, 0.3) is 5.91 Å². The number of phenols is 1. The van der Waals surface area contributed by atoms with Gasteiger partial charge in [-0.05, 0) is 75.5 Å². The van der Waals surface area contributed by atoms with Crippen LogP contribution in [-0.2, 0) is 27.3 Å². The molecule has 6 N–H and O–H groups in total. The number of ketones is 2. The molecule has 1 fully saturated rings. The molecule has 230 valence electrons. The van der Waals surface area contributed by atoms with Crippen molar-refractivity contribution in [1.29, 1.82) is 0 Å². The topological polar surface area (TPSA) is 168 Å². The Morgan fingerprint density at radius 2 is 1.79 bits per heavy atom. The smallest absolute Gasteiger partial charge is 0.255 e. The molecule has 1 aromatic carbocycles. The summed E-state index contributed by atoms with van der Waals surface area (Å²) in [5.41, 5.74) is 4.24. The third-order valence-electron chi connectivity index (χ3n) is 9.08. The second-order valence-corrected chi connectivity index (χ2v) is 12.7. The SMILES string of the molecule is CCN(CCC(C)C)Cc1cc(O)c2c(c1N(C)C)C[C@H]1C[C@H]3[C@H](N(C)C)C(=O)C(C(N)=O)=C(O)[C@@]3(O)C(=O)C1=C2O. The van der Waals surface area contributed by atoms with Crippen molar-refractivity contribution in [2.75, 3.05) is 46.2 Å². The third-order valence-corrected chi connectivity index (χ3v) is 9.08. The minimum Gasteiger partial charge on any atom is -0.508 e. The first-order chi connectivity index (χ1) is 19.6. The van der Waals surface area contributed by atoms with Crippen molar-refractivity contribution in [2.24, 2.45) is 23.5 Å². The summed E-state index contributed by atoms with van der Waals surface area (Å²) in [4.78, 5) is 45.3. The van der Waals surface area contributed by atoms with Gasteiger partial charge in [0, 0.05) is 37.8 Å². The fourth-order valence-electron chi connectivity index (χ4n) is 7.08. The van der Waals surface area contributed by atoms with Gasteiger partial charge in [-0.15, -0.1) is 0 Å². The van der Waals surface area contributed by atoms with Gasteiger partial charge in [-0.1, -0.05) is 20.8 Å². The van der Waals surface area contributed by atoms with Crippen LogP contribution in [0, 0.1) is 17.8 Å². The summed E-state index contributed by atoms with van der Waals surface area (Å²) in [5.74, 6) is -5.99. The zero-order valence-electron chi connectivity index (χ0n) is 25.6. The highest BCUT2D eigenvalue weighted by Gasteiger charge is 2.64. The highest BCUT2D eigenvalue weighted by Crippen LogP contribution is 2.54. The molecule has 42 heavy (non-hydrogen) atoms. The second-order valence-electron chi connectivity index (χ2n) is 12.7. The van der Waals surface area contributed by atoms with E-state index in [2.05, 4.69) is 25.7 Å². The molecule has 0 spiro atoms. The number of aliphatic hydroxyl groups is 3. The second kappa shape index (κ2) is 11.3. The normalized spacial score (nSPS) is 25.7. The van der Waals surface area contributed by atoms with Crippen molar-refractivity contribution in [3.05, 3.63) is 39.7 Å². The zero-order valence-corrected chi connectivity index (χ0v) is 25.6. The molecular formula is C31H44N4O7. The summed E-state index contributed by atoms with van der Waals surface area (Å²) in [5, 5.41) is 45.6. The first-order valence-corrected chi connectivity index (χ1v) is 14.5. The maximum Gasteiger partial charge on any atom is 0.255 e. The van der Waals surface area contributed by atoms with E-state index in [9.17, 15) is 34.8 Å². The predicted molar refractivity (Wildman–Crippen MR) is 159 cm³/mol. The lowest BCUT2D eigenvalue weighted by molar-refractivity contribution is -0.153. The fraction of sp³-hybridized carbons (Fsp3) is 0.581. The van der Waals surface area contributed by atoms with Crippen molar-refractivity contribution in [3.63, 3.8) is 0 Å². The van der Waals surface area contributed by atoms with Gasteiger partial charge in [-0.2, -0.15) is 0 Å². The van der Waals surface area contributed by atoms with Gasteiger partial charge in [0.2, 0.25) is 5.78 Å². The van der Waals surface area contributed by atoms with Crippen LogP contribution in [0.5, 0.6) is 5.75 Å². The Morgan fingerprint density at radius 3 is 2.31 bits per heavy atom. The fourth-order valence-corrected chi connectivity index (χ4v) is 7.08. The van der Waals surface area contributed by atoms with Crippen LogP contribution in [0.15, 0.2) is 23.0 Å². The van der Waals surface area contributed by atoms with Crippen LogP contribution in [0.25, 0.3) is 5.76 Å². The number of hydrogen-bond acceptors (Lipinski definition) is 10. The number of amides is 1. The van der Waals surface area contributed by atoms with Gasteiger partial charge < -0.3 is 31.1 Å². The van der Waals surface area contributed by atoms with Gasteiger partial charge in [0.1, 0.15) is 22.8 Å². The van der Waals surface area contributed by atoms with Crippen molar-refractivity contribution in [1.82, 2.24) is 9.80 Å². The van der Waals surface area contributed by atoms with Crippen LogP contribution in [0.4, 0.5) is 5.69 Å². The maximum absolute atomic E-state index is 14.1. The molecule has 1 amide bonds. The number of Topliss-reactive ketones (excluding diaryl/α,β-unsaturated/α-hetero) is 2. The van der Waals surface area contributed by atoms with Gasteiger partial charge in [0.05, 0.1) is 11.6 Å². The number of likely N-dealkylation sites (N-methyl/N-ethyl adjacent to an activating group) is 1. The van der Waals surface area contributed by atoms with E-state index in [1.165, 1.54) is 4.90 Å². The molecule has 11 heteroatoms. The average Bonchev–Trinajstić information content (AvgIpc) is 2.87. The predicted octanol–water partition coefficient (Wildman–Crippen LogP) is 1.90. The number of fused-ring (bicyclic) bond motifs is 3. The van der Waals surface area contributed by atoms with E-state index >= 15 is 0 Å². The lowest BCUT2D eigenvalue weighted by Crippen LogP contribution is -2.65. The summed E-state index contributed by atoms with van der Waals surface area (Å²) in [6.45, 7) is 8.71. The minimum atomic E-state index is -2.65. The highest BCUT2D eigenvalue weighted by molar-refractivity contribution is 6.24. The largest absolute Gasteiger partial charge is 0.508 e. The van der Waals surface area contributed by atoms with E-state index < -0.39 is 58.0 Å². The first-order valence-electron chi connectivity index (χ1n) is 14.5. The van der Waals surface area contributed by atoms with Crippen LogP contribution in [0.2, 0.25) is 0 Å². The quantitative estimate of drug-likeness (QED) is 0.270. The highest BCUT2D eigenvalue weighted by atomic mass is 16.3. The molecule has 3 aliphatic carbocycles. The number of carbonyl (C=O) groups is 3. The van der Waals surface area contributed by atoms with E-state index in [0.29, 0.717) is 18.0 Å². The average molecular weight is 585 g/mol. The number of aliphatic hydroxyl groups excluding tert-OH is 2. The summed E-state index contributed by atoms with van der Waals surface area (Å²) in [6.07, 6.45) is 1.33. The number of primary amides is 1. The lowest BCUT2D eigenvalue weighted by Gasteiger charge is -2.50. The Hall–Kier alpha value is -3.41. The van der Waals surface area contributed by atoms with E-state index in [0.717, 1.165) is 30.8 Å². The molecule has 3 aliphatic rings. The van der Waals surface area contributed by atoms with Gasteiger partial charge in [0.15, 0.2) is 11.4 Å². The van der Waals surface area contributed by atoms with Gasteiger partial charge >= 0.3 is 0 Å². The van der Waals surface area contributed by atoms with Gasteiger partial charge in [-0.3, -0.25) is 24.2 Å². The van der Waals surface area contributed by atoms with Crippen LogP contribution in [0.1, 0.15) is 50.3 Å². The van der Waals surface area contributed by atoms with Crippen LogP contribution < -0.4 is 10.6 Å². The van der Waals surface area contributed by atoms with Crippen molar-refractivity contribution >= 4 is 28.9 Å². The Kier molecular flexibility index (Phi) is 8.52. The molecule has 11 nitrogen and oxygen atoms in total. The van der Waals surface area contributed by atoms with Gasteiger partial charge in [-0.25, -0.2) is 0 Å². The number of nitrogens with two attached hydrogens (primary N) is 1. The Labute approximate surface area is 246 Å². The maximum atomic E-state index is 14.1. The molecule has 4 atom stereocenters. The van der Waals surface area contributed by atoms with Crippen molar-refractivity contribution < 1.29 is 34.8 Å². The number of benzene rings is 1. The number of anilines is 1. The Morgan fingerprint density at radius 1 is 1.14 bits per heavy atom. The van der Waals surface area contributed by atoms with Crippen LogP contribution in [0.3, 0.4) is 0 Å². The molecule has 4 rings (SSSR count). The third kappa shape index (κ3) is 4.87. The molecule has 0 heterocycles. The van der Waals surface area contributed by atoms with E-state index in [-0.39, 0.29) is 29.7 Å². The van der Waals surface area contributed by atoms with Crippen LogP contribution >= 0.6 is 0 Å². The molecule has 0 aliphatic heterocycles. The number of carbonyl (C=O) groups excluding carboxylic acids is 3. The minimum absolute atomic E-state index is 0.0547. The molecule has 0 radical (unpaired) electrons. The molecule has 0 saturated heterocycles. The Balaban J connectivity index is 1.90. The van der Waals surface area contributed by atoms with Crippen molar-refractivity contribution in [3.8, 4) is 5.75 Å². The molecule has 1 aromatic rings. The zero-order chi connectivity index (χ0) is 31.4. The summed E-state index contributed by atoms with van der Waals surface area (Å²) in [7, 11) is 6.94. The number of nitrogens with zero attached hydrogens (tertiary/aromatic N) is 3. The molecule has 0 unspecified atom stereocenters. The molecule has 0 bridgehead atoms. The number of phenolic OH excluding ortho intramolecular Hbond substituents is 1. The van der Waals surface area contributed by atoms with Crippen LogP contribution in [-0.4, -0.2) is 101 Å². The number of aromatic hydroxyl groups is 1. The van der Waals surface area contributed by atoms with E-state index in [4.69, 9.17) is 5.73 Å². The molecular weight excluding hydrogens is 540 g/mol. The summed E-state index contributed by atoms with van der Waals surface area (Å²) >= 11 is 0.